The number of phenols is 1. The van der Waals surface area contributed by atoms with Gasteiger partial charge in [-0.05, 0) is 24.6 Å². The lowest BCUT2D eigenvalue weighted by molar-refractivity contribution is -0.135. The SMILES string of the molecule is N#CCCCOc1ccc(O)cc1C(=O)/C=C(/O)C(=O)O. The van der Waals surface area contributed by atoms with Crippen molar-refractivity contribution in [1.82, 2.24) is 0 Å². The molecule has 0 saturated heterocycles. The standard InChI is InChI=1S/C14H13NO6/c15-5-1-2-6-21-13-4-3-9(16)7-10(13)11(17)8-12(18)14(19)20/h3-4,7-8,16,18H,1-2,6H2,(H,19,20)/b12-8+. The number of rotatable bonds is 7. The maximum Gasteiger partial charge on any atom is 0.371 e. The number of aliphatic hydroxyl groups is 1. The van der Waals surface area contributed by atoms with E-state index in [1.54, 1.807) is 0 Å². The predicted molar refractivity (Wildman–Crippen MR) is 71.1 cm³/mol. The Kier molecular flexibility index (Phi) is 5.77. The normalized spacial score (nSPS) is 10.7. The number of unbranched alkanes of at least 4 members (excludes halogenated alkanes) is 1. The number of nitrogens with zero attached hydrogens (tertiary/aromatic N) is 1. The van der Waals surface area contributed by atoms with Crippen molar-refractivity contribution in [2.24, 2.45) is 0 Å². The number of ketones is 1. The molecule has 1 rings (SSSR count). The lowest BCUT2D eigenvalue weighted by Crippen LogP contribution is -2.07. The maximum absolute atomic E-state index is 11.9. The lowest BCUT2D eigenvalue weighted by atomic mass is 10.1. The molecule has 21 heavy (non-hydrogen) atoms. The highest BCUT2D eigenvalue weighted by molar-refractivity contribution is 6.09. The van der Waals surface area contributed by atoms with Gasteiger partial charge in [-0.1, -0.05) is 0 Å². The van der Waals surface area contributed by atoms with E-state index in [0.717, 1.165) is 6.07 Å². The van der Waals surface area contributed by atoms with Gasteiger partial charge in [-0.3, -0.25) is 4.79 Å². The first-order valence-corrected chi connectivity index (χ1v) is 5.96. The number of carbonyl (C=O) groups is 2. The molecule has 0 amide bonds. The molecule has 0 aromatic heterocycles. The number of hydrogen-bond acceptors (Lipinski definition) is 6. The van der Waals surface area contributed by atoms with Crippen LogP contribution in [0.2, 0.25) is 0 Å². The summed E-state index contributed by atoms with van der Waals surface area (Å²) in [7, 11) is 0. The molecule has 110 valence electrons. The molecule has 0 atom stereocenters. The topological polar surface area (TPSA) is 128 Å². The number of carbonyl (C=O) groups excluding carboxylic acids is 1. The largest absolute Gasteiger partial charge is 0.508 e. The molecule has 1 aromatic rings. The summed E-state index contributed by atoms with van der Waals surface area (Å²) in [5.74, 6) is -3.64. The number of ether oxygens (including phenoxy) is 1. The van der Waals surface area contributed by atoms with Crippen molar-refractivity contribution in [1.29, 1.82) is 5.26 Å². The third-order valence-corrected chi connectivity index (χ3v) is 2.41. The van der Waals surface area contributed by atoms with E-state index in [4.69, 9.17) is 20.2 Å². The Morgan fingerprint density at radius 3 is 2.67 bits per heavy atom. The van der Waals surface area contributed by atoms with Gasteiger partial charge >= 0.3 is 5.97 Å². The second-order valence-electron chi connectivity index (χ2n) is 3.99. The second-order valence-corrected chi connectivity index (χ2v) is 3.99. The Hall–Kier alpha value is -3.01. The third kappa shape index (κ3) is 4.87. The van der Waals surface area contributed by atoms with Crippen LogP contribution in [0.1, 0.15) is 23.2 Å². The van der Waals surface area contributed by atoms with Crippen LogP contribution < -0.4 is 4.74 Å². The Balaban J connectivity index is 2.96. The minimum absolute atomic E-state index is 0.0836. The smallest absolute Gasteiger partial charge is 0.371 e. The highest BCUT2D eigenvalue weighted by Gasteiger charge is 2.15. The summed E-state index contributed by atoms with van der Waals surface area (Å²) in [6.45, 7) is 0.188. The number of aromatic hydroxyl groups is 1. The van der Waals surface area contributed by atoms with Crippen molar-refractivity contribution in [3.63, 3.8) is 0 Å². The summed E-state index contributed by atoms with van der Waals surface area (Å²) in [6.07, 6.45) is 1.28. The molecule has 0 fully saturated rings. The van der Waals surface area contributed by atoms with E-state index < -0.39 is 17.5 Å². The fraction of sp³-hybridized carbons (Fsp3) is 0.214. The van der Waals surface area contributed by atoms with E-state index in [0.29, 0.717) is 18.9 Å². The first-order chi connectivity index (χ1) is 9.95. The van der Waals surface area contributed by atoms with Crippen molar-refractivity contribution in [2.45, 2.75) is 12.8 Å². The molecule has 0 aliphatic rings. The van der Waals surface area contributed by atoms with Crippen molar-refractivity contribution in [3.8, 4) is 17.6 Å². The van der Waals surface area contributed by atoms with Crippen LogP contribution in [0.25, 0.3) is 0 Å². The number of carboxylic acids is 1. The first kappa shape index (κ1) is 16.0. The van der Waals surface area contributed by atoms with E-state index in [-0.39, 0.29) is 23.7 Å². The van der Waals surface area contributed by atoms with Crippen LogP contribution in [0, 0.1) is 11.3 Å². The van der Waals surface area contributed by atoms with Crippen LogP contribution in [-0.4, -0.2) is 33.7 Å². The zero-order chi connectivity index (χ0) is 15.8. The summed E-state index contributed by atoms with van der Waals surface area (Å²) >= 11 is 0. The van der Waals surface area contributed by atoms with Crippen molar-refractivity contribution in [3.05, 3.63) is 35.6 Å². The van der Waals surface area contributed by atoms with Gasteiger partial charge in [-0.15, -0.1) is 0 Å². The molecule has 0 saturated carbocycles. The Morgan fingerprint density at radius 1 is 1.33 bits per heavy atom. The molecule has 0 radical (unpaired) electrons. The zero-order valence-electron chi connectivity index (χ0n) is 10.9. The Bertz CT molecular complexity index is 614. The summed E-state index contributed by atoms with van der Waals surface area (Å²) in [5, 5.41) is 35.4. The average Bonchev–Trinajstić information content (AvgIpc) is 2.44. The highest BCUT2D eigenvalue weighted by atomic mass is 16.5. The highest BCUT2D eigenvalue weighted by Crippen LogP contribution is 2.25. The monoisotopic (exact) mass is 291 g/mol. The van der Waals surface area contributed by atoms with Gasteiger partial charge in [0.2, 0.25) is 5.76 Å². The number of benzene rings is 1. The number of allylic oxidation sites excluding steroid dienone is 1. The summed E-state index contributed by atoms with van der Waals surface area (Å²) in [4.78, 5) is 22.4. The van der Waals surface area contributed by atoms with Gasteiger partial charge in [0.05, 0.1) is 18.2 Å². The fourth-order valence-electron chi connectivity index (χ4n) is 1.43. The van der Waals surface area contributed by atoms with E-state index in [1.165, 1.54) is 12.1 Å². The molecule has 3 N–H and O–H groups in total. The quantitative estimate of drug-likeness (QED) is 0.302. The zero-order valence-corrected chi connectivity index (χ0v) is 10.9. The third-order valence-electron chi connectivity index (χ3n) is 2.41. The van der Waals surface area contributed by atoms with Gasteiger partial charge in [0.15, 0.2) is 5.78 Å². The molecule has 0 aliphatic carbocycles. The van der Waals surface area contributed by atoms with Gasteiger partial charge in [-0.25, -0.2) is 4.79 Å². The van der Waals surface area contributed by atoms with Crippen molar-refractivity contribution in [2.75, 3.05) is 6.61 Å². The van der Waals surface area contributed by atoms with Gasteiger partial charge in [0.25, 0.3) is 0 Å². The molecule has 0 bridgehead atoms. The second kappa shape index (κ2) is 7.55. The van der Waals surface area contributed by atoms with Crippen molar-refractivity contribution < 1.29 is 29.6 Å². The first-order valence-electron chi connectivity index (χ1n) is 5.96. The number of aliphatic hydroxyl groups excluding tert-OH is 1. The van der Waals surface area contributed by atoms with E-state index in [2.05, 4.69) is 0 Å². The van der Waals surface area contributed by atoms with E-state index >= 15 is 0 Å². The summed E-state index contributed by atoms with van der Waals surface area (Å²) in [6, 6.07) is 5.70. The number of nitriles is 1. The minimum Gasteiger partial charge on any atom is -0.508 e. The van der Waals surface area contributed by atoms with Gasteiger partial charge in [0, 0.05) is 12.5 Å². The van der Waals surface area contributed by atoms with Crippen LogP contribution in [-0.2, 0) is 4.79 Å². The number of phenolic OH excluding ortho intramolecular Hbond substituents is 1. The molecular weight excluding hydrogens is 278 g/mol. The summed E-state index contributed by atoms with van der Waals surface area (Å²) in [5.41, 5.74) is -0.0836. The molecular formula is C14H13NO6. The van der Waals surface area contributed by atoms with Crippen LogP contribution in [0.15, 0.2) is 30.0 Å². The predicted octanol–water partition coefficient (Wildman–Crippen LogP) is 1.78. The van der Waals surface area contributed by atoms with Crippen LogP contribution in [0.4, 0.5) is 0 Å². The molecule has 0 heterocycles. The molecule has 0 aliphatic heterocycles. The maximum atomic E-state index is 11.9. The number of aliphatic carboxylic acids is 1. The molecule has 7 heteroatoms. The van der Waals surface area contributed by atoms with Gasteiger partial charge < -0.3 is 20.1 Å². The average molecular weight is 291 g/mol. The summed E-state index contributed by atoms with van der Waals surface area (Å²) < 4.78 is 5.32. The van der Waals surface area contributed by atoms with Gasteiger partial charge in [-0.2, -0.15) is 5.26 Å². The Morgan fingerprint density at radius 2 is 2.05 bits per heavy atom. The van der Waals surface area contributed by atoms with Crippen molar-refractivity contribution >= 4 is 11.8 Å². The number of carboxylic acid groups (broad SMARTS) is 1. The van der Waals surface area contributed by atoms with E-state index in [1.807, 2.05) is 6.07 Å². The fourth-order valence-corrected chi connectivity index (χ4v) is 1.43. The molecule has 1 aromatic carbocycles. The minimum atomic E-state index is -1.64. The number of hydrogen-bond donors (Lipinski definition) is 3. The lowest BCUT2D eigenvalue weighted by Gasteiger charge is -2.09. The molecule has 0 spiro atoms. The van der Waals surface area contributed by atoms with Crippen LogP contribution in [0.5, 0.6) is 11.5 Å². The Labute approximate surface area is 120 Å². The van der Waals surface area contributed by atoms with Gasteiger partial charge in [0.1, 0.15) is 11.5 Å². The van der Waals surface area contributed by atoms with Crippen LogP contribution in [0.3, 0.4) is 0 Å². The van der Waals surface area contributed by atoms with Crippen LogP contribution >= 0.6 is 0 Å². The molecule has 7 nitrogen and oxygen atoms in total. The van der Waals surface area contributed by atoms with E-state index in [9.17, 15) is 14.7 Å². The molecule has 0 unspecified atom stereocenters.